The highest BCUT2D eigenvalue weighted by Crippen LogP contribution is 2.24. The summed E-state index contributed by atoms with van der Waals surface area (Å²) < 4.78 is 0. The van der Waals surface area contributed by atoms with Crippen molar-refractivity contribution >= 4 is 5.91 Å². The van der Waals surface area contributed by atoms with Gasteiger partial charge in [-0.15, -0.1) is 0 Å². The second-order valence-electron chi connectivity index (χ2n) is 6.82. The topological polar surface area (TPSA) is 69.6 Å². The van der Waals surface area contributed by atoms with E-state index < -0.39 is 0 Å². The lowest BCUT2D eigenvalue weighted by Gasteiger charge is -2.06. The number of carbonyl (C=O) groups excluding carboxylic acids is 1. The molecule has 4 heteroatoms. The lowest BCUT2D eigenvalue weighted by atomic mass is 10.1. The van der Waals surface area contributed by atoms with Crippen LogP contribution in [0, 0.1) is 0 Å². The van der Waals surface area contributed by atoms with Crippen LogP contribution in [0.25, 0.3) is 0 Å². The van der Waals surface area contributed by atoms with Crippen LogP contribution < -0.4 is 5.32 Å². The number of benzene rings is 1. The highest BCUT2D eigenvalue weighted by molar-refractivity contribution is 5.75. The molecule has 0 radical (unpaired) electrons. The predicted octanol–water partition coefficient (Wildman–Crippen LogP) is 5.73. The molecule has 29 heavy (non-hydrogen) atoms. The van der Waals surface area contributed by atoms with E-state index in [0.717, 1.165) is 44.1 Å². The van der Waals surface area contributed by atoms with Crippen molar-refractivity contribution in [1.29, 1.82) is 0 Å². The van der Waals surface area contributed by atoms with Gasteiger partial charge in [-0.25, -0.2) is 0 Å². The first-order chi connectivity index (χ1) is 14.1. The van der Waals surface area contributed by atoms with Crippen LogP contribution in [0.1, 0.15) is 57.4 Å². The summed E-state index contributed by atoms with van der Waals surface area (Å²) in [6, 6.07) is 4.71. The minimum Gasteiger partial charge on any atom is -0.504 e. The molecule has 1 aromatic rings. The molecule has 0 heterocycles. The number of phenols is 2. The zero-order chi connectivity index (χ0) is 21.2. The number of hydrogen-bond acceptors (Lipinski definition) is 3. The first-order valence-corrected chi connectivity index (χ1v) is 10.5. The average Bonchev–Trinajstić information content (AvgIpc) is 2.71. The molecular formula is C25H35NO3. The molecule has 0 aliphatic rings. The number of phenolic OH excluding ortho intramolecular Hbond substituents is 2. The van der Waals surface area contributed by atoms with Gasteiger partial charge in [-0.2, -0.15) is 0 Å². The van der Waals surface area contributed by atoms with Gasteiger partial charge in [0.1, 0.15) is 0 Å². The maximum atomic E-state index is 11.8. The van der Waals surface area contributed by atoms with Gasteiger partial charge in [0.05, 0.1) is 0 Å². The summed E-state index contributed by atoms with van der Waals surface area (Å²) in [5, 5.41) is 21.6. The Hall–Kier alpha value is -2.75. The van der Waals surface area contributed by atoms with E-state index in [1.54, 1.807) is 6.07 Å². The van der Waals surface area contributed by atoms with Crippen LogP contribution in [0.4, 0.5) is 0 Å². The Bertz CT molecular complexity index is 702. The fourth-order valence-electron chi connectivity index (χ4n) is 2.64. The van der Waals surface area contributed by atoms with Crippen LogP contribution in [0.2, 0.25) is 0 Å². The van der Waals surface area contributed by atoms with Gasteiger partial charge >= 0.3 is 0 Å². The number of carbonyl (C=O) groups is 1. The monoisotopic (exact) mass is 397 g/mol. The van der Waals surface area contributed by atoms with Crippen molar-refractivity contribution in [2.75, 3.05) is 6.54 Å². The first-order valence-electron chi connectivity index (χ1n) is 10.5. The molecule has 0 bridgehead atoms. The van der Waals surface area contributed by atoms with Gasteiger partial charge < -0.3 is 15.5 Å². The molecule has 0 unspecified atom stereocenters. The maximum Gasteiger partial charge on any atom is 0.220 e. The Kier molecular flexibility index (Phi) is 13.6. The van der Waals surface area contributed by atoms with Crippen molar-refractivity contribution in [3.05, 3.63) is 72.4 Å². The van der Waals surface area contributed by atoms with E-state index in [-0.39, 0.29) is 17.4 Å². The quantitative estimate of drug-likeness (QED) is 0.213. The Balaban J connectivity index is 2.01. The summed E-state index contributed by atoms with van der Waals surface area (Å²) in [7, 11) is 0. The molecule has 1 aromatic carbocycles. The minimum absolute atomic E-state index is 0.0434. The van der Waals surface area contributed by atoms with Gasteiger partial charge in [-0.05, 0) is 62.6 Å². The number of nitrogens with one attached hydrogen (secondary N) is 1. The van der Waals surface area contributed by atoms with Gasteiger partial charge in [0.25, 0.3) is 0 Å². The summed E-state index contributed by atoms with van der Waals surface area (Å²) in [5.74, 6) is -0.220. The van der Waals surface area contributed by atoms with Crippen LogP contribution >= 0.6 is 0 Å². The SMILES string of the molecule is CC/C=C\C/C=C\C/C=C\C/C=C\CCCC(=O)NCCc1ccc(O)c(O)c1. The van der Waals surface area contributed by atoms with Gasteiger partial charge in [-0.1, -0.05) is 61.6 Å². The fraction of sp³-hybridized carbons (Fsp3) is 0.400. The van der Waals surface area contributed by atoms with Crippen molar-refractivity contribution in [3.63, 3.8) is 0 Å². The highest BCUT2D eigenvalue weighted by Gasteiger charge is 2.03. The molecular weight excluding hydrogens is 362 g/mol. The summed E-state index contributed by atoms with van der Waals surface area (Å²) in [4.78, 5) is 11.8. The van der Waals surface area contributed by atoms with Crippen LogP contribution in [-0.4, -0.2) is 22.7 Å². The molecule has 1 rings (SSSR count). The van der Waals surface area contributed by atoms with Crippen LogP contribution in [0.5, 0.6) is 11.5 Å². The highest BCUT2D eigenvalue weighted by atomic mass is 16.3. The molecule has 1 amide bonds. The summed E-state index contributed by atoms with van der Waals surface area (Å²) in [5.41, 5.74) is 0.875. The zero-order valence-electron chi connectivity index (χ0n) is 17.5. The molecule has 3 N–H and O–H groups in total. The Morgan fingerprint density at radius 1 is 0.897 bits per heavy atom. The average molecular weight is 398 g/mol. The Labute approximate surface area is 175 Å². The largest absolute Gasteiger partial charge is 0.504 e. The van der Waals surface area contributed by atoms with Crippen molar-refractivity contribution < 1.29 is 15.0 Å². The Morgan fingerprint density at radius 2 is 1.52 bits per heavy atom. The van der Waals surface area contributed by atoms with E-state index in [2.05, 4.69) is 60.8 Å². The lowest BCUT2D eigenvalue weighted by Crippen LogP contribution is -2.25. The fourth-order valence-corrected chi connectivity index (χ4v) is 2.64. The Morgan fingerprint density at radius 3 is 2.14 bits per heavy atom. The van der Waals surface area contributed by atoms with Crippen LogP contribution in [-0.2, 0) is 11.2 Å². The maximum absolute atomic E-state index is 11.8. The van der Waals surface area contributed by atoms with Crippen molar-refractivity contribution in [3.8, 4) is 11.5 Å². The molecule has 0 saturated heterocycles. The van der Waals surface area contributed by atoms with Crippen LogP contribution in [0.15, 0.2) is 66.8 Å². The van der Waals surface area contributed by atoms with Gasteiger partial charge in [0, 0.05) is 13.0 Å². The van der Waals surface area contributed by atoms with Gasteiger partial charge in [0.15, 0.2) is 11.5 Å². The van der Waals surface area contributed by atoms with Gasteiger partial charge in [-0.3, -0.25) is 4.79 Å². The number of amides is 1. The van der Waals surface area contributed by atoms with E-state index in [9.17, 15) is 15.0 Å². The zero-order valence-corrected chi connectivity index (χ0v) is 17.5. The number of allylic oxidation sites excluding steroid dienone is 8. The second kappa shape index (κ2) is 16.2. The van der Waals surface area contributed by atoms with Crippen molar-refractivity contribution in [1.82, 2.24) is 5.32 Å². The van der Waals surface area contributed by atoms with E-state index >= 15 is 0 Å². The lowest BCUT2D eigenvalue weighted by molar-refractivity contribution is -0.121. The molecule has 0 fully saturated rings. The summed E-state index contributed by atoms with van der Waals surface area (Å²) in [6.07, 6.45) is 24.2. The van der Waals surface area contributed by atoms with E-state index in [1.165, 1.54) is 12.1 Å². The minimum atomic E-state index is -0.133. The van der Waals surface area contributed by atoms with Crippen molar-refractivity contribution in [2.24, 2.45) is 0 Å². The first kappa shape index (κ1) is 24.3. The summed E-state index contributed by atoms with van der Waals surface area (Å²) >= 11 is 0. The number of rotatable bonds is 14. The third kappa shape index (κ3) is 13.1. The third-order valence-electron chi connectivity index (χ3n) is 4.27. The van der Waals surface area contributed by atoms with Gasteiger partial charge in [0.2, 0.25) is 5.91 Å². The van der Waals surface area contributed by atoms with E-state index in [0.29, 0.717) is 19.4 Å². The van der Waals surface area contributed by atoms with E-state index in [4.69, 9.17) is 0 Å². The molecule has 0 spiro atoms. The number of unbranched alkanes of at least 4 members (excludes halogenated alkanes) is 1. The number of hydrogen-bond donors (Lipinski definition) is 3. The molecule has 0 saturated carbocycles. The normalized spacial score (nSPS) is 12.0. The molecule has 158 valence electrons. The smallest absolute Gasteiger partial charge is 0.220 e. The van der Waals surface area contributed by atoms with Crippen molar-refractivity contribution in [2.45, 2.75) is 58.3 Å². The number of aromatic hydroxyl groups is 2. The van der Waals surface area contributed by atoms with Crippen LogP contribution in [0.3, 0.4) is 0 Å². The molecule has 0 aliphatic carbocycles. The second-order valence-corrected chi connectivity index (χ2v) is 6.82. The van der Waals surface area contributed by atoms with E-state index in [1.807, 2.05) is 0 Å². The molecule has 0 atom stereocenters. The molecule has 4 nitrogen and oxygen atoms in total. The molecule has 0 aliphatic heterocycles. The predicted molar refractivity (Wildman–Crippen MR) is 121 cm³/mol. The third-order valence-corrected chi connectivity index (χ3v) is 4.27. The standard InChI is InChI=1S/C25H35NO3/c1-2-3-4-5-6-7-8-9-10-11-12-13-14-15-16-25(29)26-20-19-22-17-18-23(27)24(28)21-22/h3-4,6-7,9-10,12-13,17-18,21,27-28H,2,5,8,11,14-16,19-20H2,1H3,(H,26,29)/b4-3-,7-6-,10-9-,13-12-. The molecule has 0 aromatic heterocycles. The summed E-state index contributed by atoms with van der Waals surface area (Å²) in [6.45, 7) is 2.66.